The van der Waals surface area contributed by atoms with Crippen LogP contribution in [0, 0.1) is 0 Å². The van der Waals surface area contributed by atoms with Gasteiger partial charge in [0.25, 0.3) is 0 Å². The van der Waals surface area contributed by atoms with E-state index in [1.54, 1.807) is 7.11 Å². The van der Waals surface area contributed by atoms with Crippen molar-refractivity contribution in [3.05, 3.63) is 59.7 Å². The number of hydrogen-bond donors (Lipinski definition) is 1. The molecule has 0 aliphatic carbocycles. The predicted octanol–water partition coefficient (Wildman–Crippen LogP) is 4.11. The second-order valence-electron chi connectivity index (χ2n) is 4.98. The molecule has 0 saturated carbocycles. The van der Waals surface area contributed by atoms with Crippen molar-refractivity contribution >= 4 is 0 Å². The summed E-state index contributed by atoms with van der Waals surface area (Å²) in [6, 6.07) is 15.6. The first-order valence-electron chi connectivity index (χ1n) is 7.26. The molecule has 2 aromatic rings. The summed E-state index contributed by atoms with van der Waals surface area (Å²) in [6.45, 7) is 2.68. The standard InChI is InChI=1S/C18H22O3/c1-3-18(19)15-6-10-17(11-7-15)21-16-8-4-14(5-9-16)12-13-20-2/h4-11,18-19H,3,12-13H2,1-2H3/t18-/m0/s1. The molecular weight excluding hydrogens is 264 g/mol. The second-order valence-corrected chi connectivity index (χ2v) is 4.98. The Bertz CT molecular complexity index is 531. The van der Waals surface area contributed by atoms with E-state index in [2.05, 4.69) is 0 Å². The zero-order valence-corrected chi connectivity index (χ0v) is 12.6. The third-order valence-corrected chi connectivity index (χ3v) is 3.41. The van der Waals surface area contributed by atoms with Crippen molar-refractivity contribution in [1.29, 1.82) is 0 Å². The van der Waals surface area contributed by atoms with Gasteiger partial charge in [0, 0.05) is 7.11 Å². The van der Waals surface area contributed by atoms with Crippen molar-refractivity contribution in [3.63, 3.8) is 0 Å². The smallest absolute Gasteiger partial charge is 0.127 e. The van der Waals surface area contributed by atoms with Crippen LogP contribution in [0.2, 0.25) is 0 Å². The molecule has 0 bridgehead atoms. The van der Waals surface area contributed by atoms with E-state index in [1.807, 2.05) is 55.5 Å². The predicted molar refractivity (Wildman–Crippen MR) is 83.8 cm³/mol. The van der Waals surface area contributed by atoms with Crippen LogP contribution in [0.3, 0.4) is 0 Å². The van der Waals surface area contributed by atoms with Crippen LogP contribution >= 0.6 is 0 Å². The minimum atomic E-state index is -0.404. The Morgan fingerprint density at radius 1 is 0.952 bits per heavy atom. The average molecular weight is 286 g/mol. The molecule has 0 saturated heterocycles. The van der Waals surface area contributed by atoms with Crippen LogP contribution in [0.1, 0.15) is 30.6 Å². The minimum absolute atomic E-state index is 0.404. The number of aliphatic hydroxyl groups is 1. The first kappa shape index (κ1) is 15.5. The van der Waals surface area contributed by atoms with Gasteiger partial charge < -0.3 is 14.6 Å². The Balaban J connectivity index is 1.97. The van der Waals surface area contributed by atoms with E-state index in [1.165, 1.54) is 5.56 Å². The van der Waals surface area contributed by atoms with Gasteiger partial charge in [-0.15, -0.1) is 0 Å². The molecule has 0 unspecified atom stereocenters. The number of benzene rings is 2. The van der Waals surface area contributed by atoms with E-state index in [9.17, 15) is 5.11 Å². The van der Waals surface area contributed by atoms with E-state index < -0.39 is 6.10 Å². The highest BCUT2D eigenvalue weighted by Crippen LogP contribution is 2.24. The first-order valence-corrected chi connectivity index (χ1v) is 7.26. The third kappa shape index (κ3) is 4.59. The first-order chi connectivity index (χ1) is 10.2. The quantitative estimate of drug-likeness (QED) is 0.832. The van der Waals surface area contributed by atoms with Crippen molar-refractivity contribution in [2.75, 3.05) is 13.7 Å². The van der Waals surface area contributed by atoms with E-state index >= 15 is 0 Å². The molecule has 0 aliphatic heterocycles. The monoisotopic (exact) mass is 286 g/mol. The van der Waals surface area contributed by atoms with Crippen molar-refractivity contribution < 1.29 is 14.6 Å². The van der Waals surface area contributed by atoms with E-state index in [4.69, 9.17) is 9.47 Å². The van der Waals surface area contributed by atoms with E-state index in [0.717, 1.165) is 30.1 Å². The molecule has 0 fully saturated rings. The molecule has 0 heterocycles. The normalized spacial score (nSPS) is 12.1. The highest BCUT2D eigenvalue weighted by atomic mass is 16.5. The molecule has 21 heavy (non-hydrogen) atoms. The fourth-order valence-corrected chi connectivity index (χ4v) is 2.07. The Hall–Kier alpha value is -1.84. The van der Waals surface area contributed by atoms with Crippen LogP contribution in [0.25, 0.3) is 0 Å². The molecule has 0 amide bonds. The van der Waals surface area contributed by atoms with Gasteiger partial charge in [0.2, 0.25) is 0 Å². The highest BCUT2D eigenvalue weighted by molar-refractivity contribution is 5.35. The van der Waals surface area contributed by atoms with Crippen LogP contribution in [-0.2, 0) is 11.2 Å². The molecule has 0 spiro atoms. The van der Waals surface area contributed by atoms with Gasteiger partial charge in [-0.3, -0.25) is 0 Å². The summed E-state index contributed by atoms with van der Waals surface area (Å²) in [5.41, 5.74) is 2.14. The van der Waals surface area contributed by atoms with Gasteiger partial charge in [0.15, 0.2) is 0 Å². The molecule has 3 nitrogen and oxygen atoms in total. The van der Waals surface area contributed by atoms with E-state index in [0.29, 0.717) is 6.42 Å². The summed E-state index contributed by atoms with van der Waals surface area (Å²) in [5, 5.41) is 9.76. The number of aliphatic hydroxyl groups excluding tert-OH is 1. The minimum Gasteiger partial charge on any atom is -0.457 e. The average Bonchev–Trinajstić information content (AvgIpc) is 2.54. The van der Waals surface area contributed by atoms with Crippen LogP contribution in [0.4, 0.5) is 0 Å². The van der Waals surface area contributed by atoms with E-state index in [-0.39, 0.29) is 0 Å². The summed E-state index contributed by atoms with van der Waals surface area (Å²) in [6.07, 6.45) is 1.21. The molecule has 112 valence electrons. The summed E-state index contributed by atoms with van der Waals surface area (Å²) in [7, 11) is 1.70. The van der Waals surface area contributed by atoms with Crippen LogP contribution in [0.5, 0.6) is 11.5 Å². The van der Waals surface area contributed by atoms with Gasteiger partial charge in [-0.25, -0.2) is 0 Å². The maximum Gasteiger partial charge on any atom is 0.127 e. The summed E-state index contributed by atoms with van der Waals surface area (Å²) in [4.78, 5) is 0. The zero-order chi connectivity index (χ0) is 15.1. The molecular formula is C18H22O3. The van der Waals surface area contributed by atoms with Gasteiger partial charge in [-0.2, -0.15) is 0 Å². The fourth-order valence-electron chi connectivity index (χ4n) is 2.07. The Labute approximate surface area is 126 Å². The maximum atomic E-state index is 9.76. The summed E-state index contributed by atoms with van der Waals surface area (Å²) < 4.78 is 10.9. The second kappa shape index (κ2) is 7.81. The lowest BCUT2D eigenvalue weighted by Gasteiger charge is -2.10. The fraction of sp³-hybridized carbons (Fsp3) is 0.333. The van der Waals surface area contributed by atoms with Gasteiger partial charge in [-0.1, -0.05) is 31.2 Å². The number of hydrogen-bond acceptors (Lipinski definition) is 3. The van der Waals surface area contributed by atoms with Gasteiger partial charge in [0.05, 0.1) is 12.7 Å². The molecule has 0 aliphatic rings. The SMILES string of the molecule is CC[C@H](O)c1ccc(Oc2ccc(CCOC)cc2)cc1. The molecule has 2 aromatic carbocycles. The highest BCUT2D eigenvalue weighted by Gasteiger charge is 2.05. The van der Waals surface area contributed by atoms with Crippen molar-refractivity contribution in [3.8, 4) is 11.5 Å². The molecule has 1 N–H and O–H groups in total. The van der Waals surface area contributed by atoms with Gasteiger partial charge >= 0.3 is 0 Å². The molecule has 1 atom stereocenters. The largest absolute Gasteiger partial charge is 0.457 e. The number of ether oxygens (including phenoxy) is 2. The van der Waals surface area contributed by atoms with Gasteiger partial charge in [0.1, 0.15) is 11.5 Å². The van der Waals surface area contributed by atoms with Crippen LogP contribution in [-0.4, -0.2) is 18.8 Å². The van der Waals surface area contributed by atoms with Crippen LogP contribution < -0.4 is 4.74 Å². The maximum absolute atomic E-state index is 9.76. The zero-order valence-electron chi connectivity index (χ0n) is 12.6. The Morgan fingerprint density at radius 2 is 1.52 bits per heavy atom. The lowest BCUT2D eigenvalue weighted by atomic mass is 10.1. The van der Waals surface area contributed by atoms with Gasteiger partial charge in [-0.05, 0) is 48.2 Å². The Kier molecular flexibility index (Phi) is 5.78. The molecule has 3 heteroatoms. The van der Waals surface area contributed by atoms with Crippen molar-refractivity contribution in [2.45, 2.75) is 25.9 Å². The summed E-state index contributed by atoms with van der Waals surface area (Å²) >= 11 is 0. The number of rotatable bonds is 7. The van der Waals surface area contributed by atoms with Crippen LogP contribution in [0.15, 0.2) is 48.5 Å². The lowest BCUT2D eigenvalue weighted by Crippen LogP contribution is -1.95. The lowest BCUT2D eigenvalue weighted by molar-refractivity contribution is 0.173. The Morgan fingerprint density at radius 3 is 2.05 bits per heavy atom. The topological polar surface area (TPSA) is 38.7 Å². The summed E-state index contributed by atoms with van der Waals surface area (Å²) in [5.74, 6) is 1.58. The van der Waals surface area contributed by atoms with Crippen molar-refractivity contribution in [1.82, 2.24) is 0 Å². The third-order valence-electron chi connectivity index (χ3n) is 3.41. The number of methoxy groups -OCH3 is 1. The molecule has 0 aromatic heterocycles. The molecule has 2 rings (SSSR count). The molecule has 0 radical (unpaired) electrons. The van der Waals surface area contributed by atoms with Crippen molar-refractivity contribution in [2.24, 2.45) is 0 Å².